The minimum absolute atomic E-state index is 0.0720. The lowest BCUT2D eigenvalue weighted by atomic mass is 9.89. The molecular formula is C8H16N2O4S. The van der Waals surface area contributed by atoms with Crippen molar-refractivity contribution in [2.45, 2.75) is 6.92 Å². The maximum Gasteiger partial charge on any atom is 0.306 e. The fourth-order valence-corrected chi connectivity index (χ4v) is 2.63. The van der Waals surface area contributed by atoms with Crippen LogP contribution in [0.3, 0.4) is 0 Å². The van der Waals surface area contributed by atoms with Crippen LogP contribution in [0.5, 0.6) is 0 Å². The highest BCUT2D eigenvalue weighted by molar-refractivity contribution is 7.86. The largest absolute Gasteiger partial charge is 0.481 e. The summed E-state index contributed by atoms with van der Waals surface area (Å²) < 4.78 is 25.5. The molecule has 0 aromatic rings. The van der Waals surface area contributed by atoms with Gasteiger partial charge >= 0.3 is 5.97 Å². The number of nitrogens with zero attached hydrogens (tertiary/aromatic N) is 2. The molecule has 1 rings (SSSR count). The minimum Gasteiger partial charge on any atom is -0.481 e. The van der Waals surface area contributed by atoms with E-state index < -0.39 is 22.1 Å². The van der Waals surface area contributed by atoms with E-state index in [0.29, 0.717) is 13.1 Å². The highest BCUT2D eigenvalue weighted by Gasteiger charge is 2.41. The number of aliphatic carboxylic acids is 1. The SMILES string of the molecule is CC(C(=O)O)C1CN(S(=O)(=O)N(C)C)C1. The van der Waals surface area contributed by atoms with Crippen LogP contribution in [0.4, 0.5) is 0 Å². The number of carboxylic acid groups (broad SMARTS) is 1. The van der Waals surface area contributed by atoms with Crippen LogP contribution < -0.4 is 0 Å². The molecule has 0 aliphatic carbocycles. The first-order valence-corrected chi connectivity index (χ1v) is 6.07. The second-order valence-electron chi connectivity index (χ2n) is 3.99. The molecule has 15 heavy (non-hydrogen) atoms. The fourth-order valence-electron chi connectivity index (χ4n) is 1.41. The van der Waals surface area contributed by atoms with Crippen molar-refractivity contribution in [1.29, 1.82) is 0 Å². The first-order valence-electron chi connectivity index (χ1n) is 4.67. The molecule has 1 atom stereocenters. The van der Waals surface area contributed by atoms with Crippen molar-refractivity contribution in [3.8, 4) is 0 Å². The van der Waals surface area contributed by atoms with Crippen molar-refractivity contribution in [2.75, 3.05) is 27.2 Å². The van der Waals surface area contributed by atoms with Crippen LogP contribution in [0, 0.1) is 11.8 Å². The molecule has 0 aromatic heterocycles. The van der Waals surface area contributed by atoms with Crippen LogP contribution in [-0.4, -0.2) is 55.3 Å². The third-order valence-corrected chi connectivity index (χ3v) is 4.63. The maximum absolute atomic E-state index is 11.6. The van der Waals surface area contributed by atoms with Gasteiger partial charge in [0, 0.05) is 27.2 Å². The second-order valence-corrected chi connectivity index (χ2v) is 6.14. The van der Waals surface area contributed by atoms with E-state index in [1.54, 1.807) is 6.92 Å². The predicted molar refractivity (Wildman–Crippen MR) is 54.5 cm³/mol. The first kappa shape index (κ1) is 12.4. The number of carboxylic acids is 1. The second kappa shape index (κ2) is 4.07. The molecule has 1 aliphatic heterocycles. The number of carbonyl (C=O) groups is 1. The van der Waals surface area contributed by atoms with E-state index in [4.69, 9.17) is 5.11 Å². The topological polar surface area (TPSA) is 77.9 Å². The van der Waals surface area contributed by atoms with Crippen LogP contribution in [0.2, 0.25) is 0 Å². The van der Waals surface area contributed by atoms with Crippen molar-refractivity contribution in [1.82, 2.24) is 8.61 Å². The summed E-state index contributed by atoms with van der Waals surface area (Å²) in [5.74, 6) is -1.43. The van der Waals surface area contributed by atoms with E-state index in [1.165, 1.54) is 18.4 Å². The Kier molecular flexibility index (Phi) is 3.37. The quantitative estimate of drug-likeness (QED) is 0.710. The smallest absolute Gasteiger partial charge is 0.306 e. The van der Waals surface area contributed by atoms with E-state index in [9.17, 15) is 13.2 Å². The summed E-state index contributed by atoms with van der Waals surface area (Å²) in [7, 11) is -0.435. The number of rotatable bonds is 4. The maximum atomic E-state index is 11.6. The summed E-state index contributed by atoms with van der Waals surface area (Å²) in [6.07, 6.45) is 0. The van der Waals surface area contributed by atoms with Gasteiger partial charge in [-0.3, -0.25) is 4.79 Å². The number of hydrogen-bond donors (Lipinski definition) is 1. The van der Waals surface area contributed by atoms with Gasteiger partial charge in [0.05, 0.1) is 5.92 Å². The lowest BCUT2D eigenvalue weighted by Crippen LogP contribution is -2.56. The fraction of sp³-hybridized carbons (Fsp3) is 0.875. The third kappa shape index (κ3) is 2.30. The monoisotopic (exact) mass is 236 g/mol. The van der Waals surface area contributed by atoms with E-state index in [-0.39, 0.29) is 5.92 Å². The van der Waals surface area contributed by atoms with Gasteiger partial charge in [0.1, 0.15) is 0 Å². The molecule has 1 N–H and O–H groups in total. The normalized spacial score (nSPS) is 21.3. The minimum atomic E-state index is -3.36. The Balaban J connectivity index is 2.55. The zero-order valence-electron chi connectivity index (χ0n) is 9.04. The summed E-state index contributed by atoms with van der Waals surface area (Å²) in [6, 6.07) is 0. The lowest BCUT2D eigenvalue weighted by molar-refractivity contribution is -0.144. The molecule has 0 bridgehead atoms. The molecule has 0 spiro atoms. The van der Waals surface area contributed by atoms with Crippen molar-refractivity contribution in [3.05, 3.63) is 0 Å². The van der Waals surface area contributed by atoms with Gasteiger partial charge in [0.25, 0.3) is 10.2 Å². The average Bonchev–Trinajstić information content (AvgIpc) is 1.99. The van der Waals surface area contributed by atoms with Gasteiger partial charge in [-0.15, -0.1) is 0 Å². The molecule has 6 nitrogen and oxygen atoms in total. The van der Waals surface area contributed by atoms with Gasteiger partial charge in [-0.1, -0.05) is 6.92 Å². The Bertz CT molecular complexity index is 346. The highest BCUT2D eigenvalue weighted by Crippen LogP contribution is 2.27. The van der Waals surface area contributed by atoms with Crippen molar-refractivity contribution in [2.24, 2.45) is 11.8 Å². The molecule has 0 amide bonds. The molecule has 1 heterocycles. The third-order valence-electron chi connectivity index (χ3n) is 2.76. The van der Waals surface area contributed by atoms with E-state index in [0.717, 1.165) is 4.31 Å². The molecule has 1 fully saturated rings. The Morgan fingerprint density at radius 3 is 2.27 bits per heavy atom. The van der Waals surface area contributed by atoms with Crippen molar-refractivity contribution in [3.63, 3.8) is 0 Å². The van der Waals surface area contributed by atoms with Gasteiger partial charge in [-0.25, -0.2) is 0 Å². The molecule has 1 aliphatic rings. The summed E-state index contributed by atoms with van der Waals surface area (Å²) >= 11 is 0. The zero-order chi connectivity index (χ0) is 11.8. The van der Waals surface area contributed by atoms with Crippen LogP contribution in [-0.2, 0) is 15.0 Å². The van der Waals surface area contributed by atoms with Crippen LogP contribution in [0.25, 0.3) is 0 Å². The van der Waals surface area contributed by atoms with Crippen molar-refractivity contribution < 1.29 is 18.3 Å². The summed E-state index contributed by atoms with van der Waals surface area (Å²) in [5, 5.41) is 8.74. The van der Waals surface area contributed by atoms with E-state index in [2.05, 4.69) is 0 Å². The summed E-state index contributed by atoms with van der Waals surface area (Å²) in [4.78, 5) is 10.6. The van der Waals surface area contributed by atoms with Gasteiger partial charge < -0.3 is 5.11 Å². The molecule has 0 radical (unpaired) electrons. The van der Waals surface area contributed by atoms with Gasteiger partial charge in [0.15, 0.2) is 0 Å². The Morgan fingerprint density at radius 2 is 1.93 bits per heavy atom. The zero-order valence-corrected chi connectivity index (χ0v) is 9.86. The lowest BCUT2D eigenvalue weighted by Gasteiger charge is -2.40. The molecule has 0 saturated carbocycles. The van der Waals surface area contributed by atoms with E-state index in [1.807, 2.05) is 0 Å². The van der Waals surface area contributed by atoms with Crippen LogP contribution in [0.15, 0.2) is 0 Å². The molecule has 0 aromatic carbocycles. The van der Waals surface area contributed by atoms with E-state index >= 15 is 0 Å². The van der Waals surface area contributed by atoms with Crippen LogP contribution >= 0.6 is 0 Å². The Hall–Kier alpha value is -0.660. The first-order chi connectivity index (χ1) is 6.76. The molecule has 1 unspecified atom stereocenters. The summed E-state index contributed by atoms with van der Waals surface area (Å²) in [6.45, 7) is 2.20. The molecule has 1 saturated heterocycles. The molecule has 7 heteroatoms. The Morgan fingerprint density at radius 1 is 1.47 bits per heavy atom. The predicted octanol–water partition coefficient (Wildman–Crippen LogP) is -0.555. The summed E-state index contributed by atoms with van der Waals surface area (Å²) in [5.41, 5.74) is 0. The van der Waals surface area contributed by atoms with Crippen molar-refractivity contribution >= 4 is 16.2 Å². The Labute approximate surface area is 89.7 Å². The van der Waals surface area contributed by atoms with Gasteiger partial charge in [-0.2, -0.15) is 17.0 Å². The highest BCUT2D eigenvalue weighted by atomic mass is 32.2. The standard InChI is InChI=1S/C8H16N2O4S/c1-6(8(11)12)7-4-10(5-7)15(13,14)9(2)3/h6-7H,4-5H2,1-3H3,(H,11,12). The molecule has 88 valence electrons. The van der Waals surface area contributed by atoms with Crippen LogP contribution in [0.1, 0.15) is 6.92 Å². The number of hydrogen-bond acceptors (Lipinski definition) is 3. The molecular weight excluding hydrogens is 220 g/mol. The average molecular weight is 236 g/mol. The van der Waals surface area contributed by atoms with Gasteiger partial charge in [-0.05, 0) is 5.92 Å². The van der Waals surface area contributed by atoms with Gasteiger partial charge in [0.2, 0.25) is 0 Å².